The van der Waals surface area contributed by atoms with Gasteiger partial charge in [0.1, 0.15) is 5.69 Å². The summed E-state index contributed by atoms with van der Waals surface area (Å²) in [5.74, 6) is -0.427. The Labute approximate surface area is 153 Å². The topological polar surface area (TPSA) is 71.5 Å². The predicted octanol–water partition coefficient (Wildman–Crippen LogP) is 2.73. The van der Waals surface area contributed by atoms with E-state index in [4.69, 9.17) is 4.74 Å². The Kier molecular flexibility index (Phi) is 5.32. The minimum absolute atomic E-state index is 0.104. The predicted molar refractivity (Wildman–Crippen MR) is 99.6 cm³/mol. The van der Waals surface area contributed by atoms with Gasteiger partial charge in [0.15, 0.2) is 0 Å². The average molecular weight is 353 g/mol. The minimum atomic E-state index is -0.323. The van der Waals surface area contributed by atoms with E-state index in [1.54, 1.807) is 17.0 Å². The summed E-state index contributed by atoms with van der Waals surface area (Å²) >= 11 is 0. The minimum Gasteiger partial charge on any atom is -0.378 e. The van der Waals surface area contributed by atoms with E-state index in [1.165, 1.54) is 6.20 Å². The van der Waals surface area contributed by atoms with E-state index in [2.05, 4.69) is 10.3 Å². The van der Waals surface area contributed by atoms with Gasteiger partial charge >= 0.3 is 0 Å². The molecule has 136 valence electrons. The zero-order chi connectivity index (χ0) is 18.7. The number of aryl methyl sites for hydroxylation is 3. The second-order valence-corrected chi connectivity index (χ2v) is 6.56. The monoisotopic (exact) mass is 353 g/mol. The lowest BCUT2D eigenvalue weighted by Gasteiger charge is -2.26. The van der Waals surface area contributed by atoms with Gasteiger partial charge in [0.05, 0.1) is 13.2 Å². The fraction of sp³-hybridized carbons (Fsp3) is 0.350. The van der Waals surface area contributed by atoms with Crippen LogP contribution in [0.3, 0.4) is 0 Å². The summed E-state index contributed by atoms with van der Waals surface area (Å²) in [7, 11) is 0. The Morgan fingerprint density at radius 3 is 2.38 bits per heavy atom. The van der Waals surface area contributed by atoms with E-state index in [0.717, 1.165) is 22.4 Å². The molecule has 0 bridgehead atoms. The molecular weight excluding hydrogens is 330 g/mol. The number of rotatable bonds is 3. The van der Waals surface area contributed by atoms with Crippen molar-refractivity contribution in [2.75, 3.05) is 31.6 Å². The number of anilines is 1. The van der Waals surface area contributed by atoms with Gasteiger partial charge in [0.25, 0.3) is 11.8 Å². The van der Waals surface area contributed by atoms with Crippen LogP contribution >= 0.6 is 0 Å². The van der Waals surface area contributed by atoms with E-state index in [9.17, 15) is 9.59 Å². The largest absolute Gasteiger partial charge is 0.378 e. The molecule has 0 aliphatic carbocycles. The lowest BCUT2D eigenvalue weighted by molar-refractivity contribution is 0.0303. The molecule has 1 saturated heterocycles. The van der Waals surface area contributed by atoms with Gasteiger partial charge in [-0.3, -0.25) is 14.6 Å². The van der Waals surface area contributed by atoms with E-state index in [-0.39, 0.29) is 17.5 Å². The zero-order valence-corrected chi connectivity index (χ0v) is 15.3. The Morgan fingerprint density at radius 2 is 1.73 bits per heavy atom. The van der Waals surface area contributed by atoms with Crippen LogP contribution in [-0.2, 0) is 4.74 Å². The van der Waals surface area contributed by atoms with Crippen molar-refractivity contribution in [3.63, 3.8) is 0 Å². The number of nitrogens with one attached hydrogen (secondary N) is 1. The van der Waals surface area contributed by atoms with Crippen LogP contribution in [-0.4, -0.2) is 48.0 Å². The Balaban J connectivity index is 1.79. The van der Waals surface area contributed by atoms with Crippen molar-refractivity contribution in [3.05, 3.63) is 58.4 Å². The third-order valence-corrected chi connectivity index (χ3v) is 4.45. The highest BCUT2D eigenvalue weighted by Crippen LogP contribution is 2.22. The standard InChI is InChI=1S/C20H23N3O3/c1-13-10-14(2)18(15(3)11-13)22-19(24)17-12-16(4-5-21-17)20(25)23-6-8-26-9-7-23/h4-5,10-12H,6-9H2,1-3H3,(H,22,24). The first-order valence-corrected chi connectivity index (χ1v) is 8.68. The van der Waals surface area contributed by atoms with Crippen LogP contribution in [0.25, 0.3) is 0 Å². The molecule has 0 radical (unpaired) electrons. The Morgan fingerprint density at radius 1 is 1.08 bits per heavy atom. The SMILES string of the molecule is Cc1cc(C)c(NC(=O)c2cc(C(=O)N3CCOCC3)ccn2)c(C)c1. The third-order valence-electron chi connectivity index (χ3n) is 4.45. The number of nitrogens with zero attached hydrogens (tertiary/aromatic N) is 2. The second-order valence-electron chi connectivity index (χ2n) is 6.56. The molecule has 0 spiro atoms. The Hall–Kier alpha value is -2.73. The molecule has 6 heteroatoms. The number of hydrogen-bond acceptors (Lipinski definition) is 4. The number of pyridine rings is 1. The molecule has 0 saturated carbocycles. The molecule has 1 aliphatic rings. The van der Waals surface area contributed by atoms with Gasteiger partial charge in [-0.15, -0.1) is 0 Å². The maximum Gasteiger partial charge on any atom is 0.274 e. The van der Waals surface area contributed by atoms with Crippen molar-refractivity contribution in [1.82, 2.24) is 9.88 Å². The highest BCUT2D eigenvalue weighted by Gasteiger charge is 2.20. The van der Waals surface area contributed by atoms with Gasteiger partial charge in [-0.05, 0) is 44.0 Å². The maximum atomic E-state index is 12.6. The van der Waals surface area contributed by atoms with Crippen LogP contribution < -0.4 is 5.32 Å². The lowest BCUT2D eigenvalue weighted by atomic mass is 10.0. The fourth-order valence-electron chi connectivity index (χ4n) is 3.19. The fourth-order valence-corrected chi connectivity index (χ4v) is 3.19. The molecule has 1 aromatic carbocycles. The smallest absolute Gasteiger partial charge is 0.274 e. The molecule has 1 N–H and O–H groups in total. The summed E-state index contributed by atoms with van der Waals surface area (Å²) < 4.78 is 5.27. The molecule has 2 heterocycles. The van der Waals surface area contributed by atoms with Crippen molar-refractivity contribution >= 4 is 17.5 Å². The van der Waals surface area contributed by atoms with Gasteiger partial charge in [0.2, 0.25) is 0 Å². The molecule has 0 atom stereocenters. The van der Waals surface area contributed by atoms with Crippen LogP contribution in [0.1, 0.15) is 37.5 Å². The Bertz CT molecular complexity index is 819. The molecule has 1 fully saturated rings. The van der Waals surface area contributed by atoms with Gasteiger partial charge in [-0.1, -0.05) is 17.7 Å². The van der Waals surface area contributed by atoms with Crippen LogP contribution in [0.4, 0.5) is 5.69 Å². The van der Waals surface area contributed by atoms with Crippen LogP contribution in [0.5, 0.6) is 0 Å². The highest BCUT2D eigenvalue weighted by atomic mass is 16.5. The molecule has 1 aromatic heterocycles. The summed E-state index contributed by atoms with van der Waals surface area (Å²) in [6.45, 7) is 8.14. The number of morpholine rings is 1. The van der Waals surface area contributed by atoms with E-state index in [0.29, 0.717) is 31.9 Å². The number of hydrogen-bond donors (Lipinski definition) is 1. The van der Waals surface area contributed by atoms with Crippen LogP contribution in [0, 0.1) is 20.8 Å². The molecule has 3 rings (SSSR count). The van der Waals surface area contributed by atoms with Crippen molar-refractivity contribution in [2.24, 2.45) is 0 Å². The van der Waals surface area contributed by atoms with E-state index < -0.39 is 0 Å². The second kappa shape index (κ2) is 7.66. The van der Waals surface area contributed by atoms with Gasteiger partial charge in [-0.2, -0.15) is 0 Å². The number of amides is 2. The zero-order valence-electron chi connectivity index (χ0n) is 15.3. The van der Waals surface area contributed by atoms with E-state index in [1.807, 2.05) is 32.9 Å². The van der Waals surface area contributed by atoms with Gasteiger partial charge < -0.3 is 15.0 Å². The van der Waals surface area contributed by atoms with Crippen molar-refractivity contribution in [2.45, 2.75) is 20.8 Å². The maximum absolute atomic E-state index is 12.6. The molecular formula is C20H23N3O3. The molecule has 2 aromatic rings. The quantitative estimate of drug-likeness (QED) is 0.921. The summed E-state index contributed by atoms with van der Waals surface area (Å²) in [5.41, 5.74) is 4.61. The molecule has 26 heavy (non-hydrogen) atoms. The molecule has 1 aliphatic heterocycles. The lowest BCUT2D eigenvalue weighted by Crippen LogP contribution is -2.40. The highest BCUT2D eigenvalue weighted by molar-refractivity contribution is 6.05. The first-order chi connectivity index (χ1) is 12.5. The van der Waals surface area contributed by atoms with Gasteiger partial charge in [-0.25, -0.2) is 0 Å². The van der Waals surface area contributed by atoms with Crippen molar-refractivity contribution in [3.8, 4) is 0 Å². The summed E-state index contributed by atoms with van der Waals surface area (Å²) in [5, 5.41) is 2.92. The van der Waals surface area contributed by atoms with Crippen molar-refractivity contribution in [1.29, 1.82) is 0 Å². The number of ether oxygens (including phenoxy) is 1. The molecule has 6 nitrogen and oxygen atoms in total. The number of aromatic nitrogens is 1. The number of carbonyl (C=O) groups excluding carboxylic acids is 2. The average Bonchev–Trinajstić information content (AvgIpc) is 2.64. The van der Waals surface area contributed by atoms with E-state index >= 15 is 0 Å². The molecule has 2 amide bonds. The third kappa shape index (κ3) is 3.91. The summed E-state index contributed by atoms with van der Waals surface area (Å²) in [6, 6.07) is 7.23. The number of benzene rings is 1. The number of carbonyl (C=O) groups is 2. The van der Waals surface area contributed by atoms with Crippen LogP contribution in [0.15, 0.2) is 30.5 Å². The van der Waals surface area contributed by atoms with Crippen molar-refractivity contribution < 1.29 is 14.3 Å². The van der Waals surface area contributed by atoms with Gasteiger partial charge in [0, 0.05) is 30.5 Å². The van der Waals surface area contributed by atoms with Crippen LogP contribution in [0.2, 0.25) is 0 Å². The summed E-state index contributed by atoms with van der Waals surface area (Å²) in [6.07, 6.45) is 1.50. The summed E-state index contributed by atoms with van der Waals surface area (Å²) in [4.78, 5) is 31.1. The normalized spacial score (nSPS) is 14.2. The first-order valence-electron chi connectivity index (χ1n) is 8.68. The molecule has 0 unspecified atom stereocenters. The first kappa shape index (κ1) is 18.1.